The van der Waals surface area contributed by atoms with E-state index in [0.29, 0.717) is 16.3 Å². The van der Waals surface area contributed by atoms with Gasteiger partial charge in [0.1, 0.15) is 17.5 Å². The van der Waals surface area contributed by atoms with Gasteiger partial charge in [-0.2, -0.15) is 9.57 Å². The summed E-state index contributed by atoms with van der Waals surface area (Å²) in [7, 11) is -3.95. The normalized spacial score (nSPS) is 23.1. The lowest BCUT2D eigenvalue weighted by Gasteiger charge is -2.27. The number of sulfonamides is 1. The first kappa shape index (κ1) is 19.5. The van der Waals surface area contributed by atoms with E-state index in [1.807, 2.05) is 6.07 Å². The summed E-state index contributed by atoms with van der Waals surface area (Å²) in [6.07, 6.45) is 0.363. The number of hydrogen-bond acceptors (Lipinski definition) is 7. The molecule has 0 spiro atoms. The fourth-order valence-electron chi connectivity index (χ4n) is 2.77. The van der Waals surface area contributed by atoms with E-state index in [0.717, 1.165) is 4.31 Å². The number of pyridine rings is 1. The maximum Gasteiger partial charge on any atom is 0.260 e. The lowest BCUT2D eigenvalue weighted by Crippen LogP contribution is -2.50. The van der Waals surface area contributed by atoms with E-state index >= 15 is 0 Å². The molecule has 10 heteroatoms. The first-order chi connectivity index (χ1) is 12.8. The number of nitriles is 1. The number of halogens is 1. The Morgan fingerprint density at radius 2 is 2.07 bits per heavy atom. The summed E-state index contributed by atoms with van der Waals surface area (Å²) < 4.78 is 32.5. The highest BCUT2D eigenvalue weighted by Gasteiger charge is 2.50. The molecule has 1 aromatic heterocycles. The van der Waals surface area contributed by atoms with E-state index in [1.165, 1.54) is 18.3 Å². The van der Waals surface area contributed by atoms with E-state index in [1.54, 1.807) is 24.3 Å². The van der Waals surface area contributed by atoms with Gasteiger partial charge in [-0.05, 0) is 36.4 Å². The Balaban J connectivity index is 1.84. The van der Waals surface area contributed by atoms with Gasteiger partial charge >= 0.3 is 0 Å². The smallest absolute Gasteiger partial charge is 0.260 e. The van der Waals surface area contributed by atoms with Gasteiger partial charge in [0.05, 0.1) is 23.2 Å². The van der Waals surface area contributed by atoms with Gasteiger partial charge in [-0.1, -0.05) is 11.6 Å². The van der Waals surface area contributed by atoms with Gasteiger partial charge in [0.25, 0.3) is 10.0 Å². The first-order valence-electron chi connectivity index (χ1n) is 7.99. The molecule has 3 rings (SSSR count). The number of nitrogens with two attached hydrogens (primary N) is 1. The maximum absolute atomic E-state index is 12.8. The highest BCUT2D eigenvalue weighted by molar-refractivity contribution is 7.89. The third-order valence-electron chi connectivity index (χ3n) is 4.34. The summed E-state index contributed by atoms with van der Waals surface area (Å²) in [5.74, 6) is 0.398. The molecule has 0 amide bonds. The monoisotopic (exact) mass is 408 g/mol. The second kappa shape index (κ2) is 7.42. The number of rotatable bonds is 5. The van der Waals surface area contributed by atoms with Crippen LogP contribution >= 0.6 is 11.6 Å². The molecule has 27 heavy (non-hydrogen) atoms. The van der Waals surface area contributed by atoms with Crippen molar-refractivity contribution in [1.82, 2.24) is 9.29 Å². The Labute approximate surface area is 161 Å². The predicted molar refractivity (Wildman–Crippen MR) is 97.6 cm³/mol. The lowest BCUT2D eigenvalue weighted by molar-refractivity contribution is -0.0199. The van der Waals surface area contributed by atoms with Crippen LogP contribution < -0.4 is 10.5 Å². The van der Waals surface area contributed by atoms with Crippen molar-refractivity contribution in [3.63, 3.8) is 0 Å². The molecule has 2 aromatic rings. The van der Waals surface area contributed by atoms with Gasteiger partial charge in [-0.25, -0.2) is 13.4 Å². The van der Waals surface area contributed by atoms with Crippen LogP contribution in [0.1, 0.15) is 5.56 Å². The van der Waals surface area contributed by atoms with E-state index < -0.39 is 21.7 Å². The molecule has 1 aliphatic heterocycles. The van der Waals surface area contributed by atoms with E-state index in [-0.39, 0.29) is 24.7 Å². The number of aromatic nitrogens is 1. The van der Waals surface area contributed by atoms with E-state index in [9.17, 15) is 13.5 Å². The minimum atomic E-state index is -3.95. The van der Waals surface area contributed by atoms with Crippen LogP contribution in [0.4, 0.5) is 0 Å². The van der Waals surface area contributed by atoms with Gasteiger partial charge in [0.15, 0.2) is 5.03 Å². The number of nitrogens with zero attached hydrogens (tertiary/aromatic N) is 3. The minimum Gasteiger partial charge on any atom is -0.486 e. The van der Waals surface area contributed by atoms with Crippen molar-refractivity contribution in [3.8, 4) is 11.8 Å². The molecule has 0 aliphatic carbocycles. The van der Waals surface area contributed by atoms with Crippen molar-refractivity contribution in [3.05, 3.63) is 53.2 Å². The van der Waals surface area contributed by atoms with E-state index in [2.05, 4.69) is 4.98 Å². The zero-order chi connectivity index (χ0) is 19.7. The Morgan fingerprint density at radius 3 is 2.63 bits per heavy atom. The molecule has 0 radical (unpaired) electrons. The number of benzene rings is 1. The van der Waals surface area contributed by atoms with Gasteiger partial charge in [-0.15, -0.1) is 0 Å². The van der Waals surface area contributed by atoms with Crippen LogP contribution in [-0.4, -0.2) is 54.2 Å². The molecule has 1 fully saturated rings. The Morgan fingerprint density at radius 1 is 1.37 bits per heavy atom. The quantitative estimate of drug-likeness (QED) is 0.746. The highest BCUT2D eigenvalue weighted by atomic mass is 35.5. The molecule has 0 saturated carbocycles. The van der Waals surface area contributed by atoms with Crippen LogP contribution in [0.5, 0.6) is 5.75 Å². The van der Waals surface area contributed by atoms with Crippen LogP contribution in [0.15, 0.2) is 47.6 Å². The van der Waals surface area contributed by atoms with Crippen molar-refractivity contribution < 1.29 is 18.3 Å². The maximum atomic E-state index is 12.8. The molecule has 2 atom stereocenters. The largest absolute Gasteiger partial charge is 0.486 e. The van der Waals surface area contributed by atoms with Gasteiger partial charge in [0.2, 0.25) is 0 Å². The number of β-amino-alcohol motifs (C(OH)–C–C–N with tert-alkyl or cyclic N) is 1. The van der Waals surface area contributed by atoms with Crippen molar-refractivity contribution in [2.45, 2.75) is 16.7 Å². The summed E-state index contributed by atoms with van der Waals surface area (Å²) in [4.78, 5) is 3.85. The third-order valence-corrected chi connectivity index (χ3v) is 6.29. The molecule has 1 aliphatic rings. The summed E-state index contributed by atoms with van der Waals surface area (Å²) in [6.45, 7) is -0.508. The molecule has 1 saturated heterocycles. The fourth-order valence-corrected chi connectivity index (χ4v) is 4.30. The molecule has 2 heterocycles. The van der Waals surface area contributed by atoms with Gasteiger partial charge in [0, 0.05) is 19.3 Å². The Kier molecular flexibility index (Phi) is 5.37. The van der Waals surface area contributed by atoms with Crippen molar-refractivity contribution in [2.75, 3.05) is 19.6 Å². The van der Waals surface area contributed by atoms with Crippen molar-refractivity contribution >= 4 is 21.6 Å². The first-order valence-corrected chi connectivity index (χ1v) is 9.81. The summed E-state index contributed by atoms with van der Waals surface area (Å²) in [5.41, 5.74) is 4.59. The van der Waals surface area contributed by atoms with Gasteiger partial charge in [-0.3, -0.25) is 0 Å². The van der Waals surface area contributed by atoms with Gasteiger partial charge < -0.3 is 15.6 Å². The molecule has 1 unspecified atom stereocenters. The number of ether oxygens (including phenoxy) is 1. The average Bonchev–Trinajstić information content (AvgIpc) is 3.01. The fraction of sp³-hybridized carbons (Fsp3) is 0.294. The van der Waals surface area contributed by atoms with Crippen LogP contribution in [0.2, 0.25) is 5.02 Å². The zero-order valence-corrected chi connectivity index (χ0v) is 15.7. The lowest BCUT2D eigenvalue weighted by atomic mass is 10.0. The molecule has 142 valence electrons. The van der Waals surface area contributed by atoms with Crippen LogP contribution in [0.3, 0.4) is 0 Å². The topological polar surface area (TPSA) is 130 Å². The summed E-state index contributed by atoms with van der Waals surface area (Å²) >= 11 is 5.76. The minimum absolute atomic E-state index is 0.0969. The summed E-state index contributed by atoms with van der Waals surface area (Å²) in [6, 6.07) is 11.0. The zero-order valence-electron chi connectivity index (χ0n) is 14.1. The van der Waals surface area contributed by atoms with Crippen LogP contribution in [-0.2, 0) is 10.0 Å². The molecular formula is C17H17ClN4O4S. The van der Waals surface area contributed by atoms with Crippen LogP contribution in [0, 0.1) is 11.3 Å². The molecule has 3 N–H and O–H groups in total. The number of aliphatic hydroxyl groups is 1. The second-order valence-corrected chi connectivity index (χ2v) is 8.48. The summed E-state index contributed by atoms with van der Waals surface area (Å²) in [5, 5.41) is 19.8. The van der Waals surface area contributed by atoms with Crippen molar-refractivity contribution in [2.24, 2.45) is 5.73 Å². The standard InChI is InChI=1S/C17H17ClN4O4S/c18-13-3-6-16(21-8-13)27(24,25)22-9-15(17(23,10-20)11-22)26-14-4-1-12(7-19)2-5-14/h1-6,8,15,23H,9-11,20H2/t15?,17-/m0/s1. The van der Waals surface area contributed by atoms with Crippen LogP contribution in [0.25, 0.3) is 0 Å². The molecule has 0 bridgehead atoms. The Bertz CT molecular complexity index is 960. The second-order valence-electron chi connectivity index (χ2n) is 6.16. The van der Waals surface area contributed by atoms with E-state index in [4.69, 9.17) is 27.3 Å². The molecule has 8 nitrogen and oxygen atoms in total. The van der Waals surface area contributed by atoms with Crippen molar-refractivity contribution in [1.29, 1.82) is 5.26 Å². The molecular weight excluding hydrogens is 392 g/mol. The third kappa shape index (κ3) is 3.90. The number of hydrogen-bond donors (Lipinski definition) is 2. The SMILES string of the molecule is N#Cc1ccc(OC2CN(S(=O)(=O)c3ccc(Cl)cn3)C[C@@]2(O)CN)cc1. The molecule has 1 aromatic carbocycles. The highest BCUT2D eigenvalue weighted by Crippen LogP contribution is 2.30. The Hall–Kier alpha value is -2.22. The average molecular weight is 409 g/mol. The predicted octanol–water partition coefficient (Wildman–Crippen LogP) is 0.748.